The Hall–Kier alpha value is -5.21. The first-order chi connectivity index (χ1) is 19.8. The molecule has 7 aromatic carbocycles. The van der Waals surface area contributed by atoms with E-state index in [1.54, 1.807) is 0 Å². The molecular weight excluding hydrogens is 484 g/mol. The minimum Gasteiger partial charge on any atom is -0.292 e. The van der Waals surface area contributed by atoms with Crippen LogP contribution >= 0.6 is 0 Å². The number of fused-ring (bicyclic) bond motifs is 4. The number of hydrogen-bond acceptors (Lipinski definition) is 1. The minimum absolute atomic E-state index is 0.953. The molecule has 2 heteroatoms. The number of aryl methyl sites for hydroxylation is 1. The standard InChI is InChI=1S/C38H26N2/c1-25-31-13-5-7-15-33(31)37(34-16-8-6-14-32(25)34)28-21-19-27-24-29(22-20-26(27)23-28)38-39-35-17-9-10-18-36(35)40(38)30-11-3-2-4-12-30/h2-24H,1H3. The summed E-state index contributed by atoms with van der Waals surface area (Å²) < 4.78 is 2.26. The Kier molecular flexibility index (Phi) is 5.08. The normalized spacial score (nSPS) is 11.6. The third kappa shape index (κ3) is 3.47. The van der Waals surface area contributed by atoms with Crippen molar-refractivity contribution in [3.05, 3.63) is 145 Å². The van der Waals surface area contributed by atoms with Gasteiger partial charge >= 0.3 is 0 Å². The molecule has 0 aliphatic heterocycles. The molecule has 0 aliphatic rings. The van der Waals surface area contributed by atoms with Crippen LogP contribution in [0.1, 0.15) is 5.56 Å². The van der Waals surface area contributed by atoms with Crippen LogP contribution in [-0.4, -0.2) is 9.55 Å². The lowest BCUT2D eigenvalue weighted by atomic mass is 9.88. The monoisotopic (exact) mass is 510 g/mol. The smallest absolute Gasteiger partial charge is 0.145 e. The predicted octanol–water partition coefficient (Wildman–Crippen LogP) is 10.1. The van der Waals surface area contributed by atoms with Crippen molar-refractivity contribution in [2.24, 2.45) is 0 Å². The third-order valence-corrected chi connectivity index (χ3v) is 8.16. The fraction of sp³-hybridized carbons (Fsp3) is 0.0263. The van der Waals surface area contributed by atoms with Gasteiger partial charge in [-0.1, -0.05) is 103 Å². The van der Waals surface area contributed by atoms with E-state index in [9.17, 15) is 0 Å². The van der Waals surface area contributed by atoms with Gasteiger partial charge in [0.2, 0.25) is 0 Å². The van der Waals surface area contributed by atoms with Gasteiger partial charge in [0, 0.05) is 11.3 Å². The van der Waals surface area contributed by atoms with Crippen molar-refractivity contribution in [3.8, 4) is 28.2 Å². The summed E-state index contributed by atoms with van der Waals surface area (Å²) >= 11 is 0. The van der Waals surface area contributed by atoms with Gasteiger partial charge in [-0.05, 0) is 92.3 Å². The molecule has 0 fully saturated rings. The number of hydrogen-bond donors (Lipinski definition) is 0. The number of nitrogens with zero attached hydrogens (tertiary/aromatic N) is 2. The van der Waals surface area contributed by atoms with Gasteiger partial charge in [0.15, 0.2) is 0 Å². The zero-order valence-electron chi connectivity index (χ0n) is 22.2. The second-order valence-corrected chi connectivity index (χ2v) is 10.5. The van der Waals surface area contributed by atoms with E-state index in [0.29, 0.717) is 0 Å². The van der Waals surface area contributed by atoms with Gasteiger partial charge in [0.1, 0.15) is 5.82 Å². The highest BCUT2D eigenvalue weighted by atomic mass is 15.1. The molecule has 0 atom stereocenters. The molecule has 0 unspecified atom stereocenters. The van der Waals surface area contributed by atoms with Crippen LogP contribution in [0.25, 0.3) is 71.6 Å². The van der Waals surface area contributed by atoms with Crippen LogP contribution in [-0.2, 0) is 0 Å². The SMILES string of the molecule is Cc1c2ccccc2c(-c2ccc3cc(-c4nc5ccccc5n4-c4ccccc4)ccc3c2)c2ccccc12. The molecule has 0 spiro atoms. The van der Waals surface area contributed by atoms with Crippen molar-refractivity contribution in [2.75, 3.05) is 0 Å². The Balaban J connectivity index is 1.32. The molecule has 2 nitrogen and oxygen atoms in total. The molecule has 1 aromatic heterocycles. The molecule has 188 valence electrons. The minimum atomic E-state index is 0.953. The van der Waals surface area contributed by atoms with E-state index in [4.69, 9.17) is 4.98 Å². The summed E-state index contributed by atoms with van der Waals surface area (Å²) in [5.41, 5.74) is 8.19. The van der Waals surface area contributed by atoms with Gasteiger partial charge in [0.05, 0.1) is 11.0 Å². The maximum absolute atomic E-state index is 5.07. The first-order valence-electron chi connectivity index (χ1n) is 13.7. The molecule has 0 aliphatic carbocycles. The van der Waals surface area contributed by atoms with Crippen molar-refractivity contribution < 1.29 is 0 Å². The van der Waals surface area contributed by atoms with Crippen LogP contribution in [0.5, 0.6) is 0 Å². The summed E-state index contributed by atoms with van der Waals surface area (Å²) in [5.74, 6) is 0.953. The van der Waals surface area contributed by atoms with Gasteiger partial charge < -0.3 is 0 Å². The Morgan fingerprint density at radius 2 is 1.05 bits per heavy atom. The zero-order chi connectivity index (χ0) is 26.6. The Morgan fingerprint density at radius 1 is 0.500 bits per heavy atom. The predicted molar refractivity (Wildman–Crippen MR) is 169 cm³/mol. The molecule has 1 heterocycles. The molecule has 0 radical (unpaired) electrons. The molecule has 0 amide bonds. The van der Waals surface area contributed by atoms with Gasteiger partial charge in [-0.25, -0.2) is 4.98 Å². The number of imidazole rings is 1. The van der Waals surface area contributed by atoms with E-state index in [-0.39, 0.29) is 0 Å². The zero-order valence-corrected chi connectivity index (χ0v) is 22.2. The quantitative estimate of drug-likeness (QED) is 0.216. The fourth-order valence-electron chi connectivity index (χ4n) is 6.26. The maximum atomic E-state index is 5.07. The lowest BCUT2D eigenvalue weighted by Crippen LogP contribution is -1.97. The molecule has 40 heavy (non-hydrogen) atoms. The van der Waals surface area contributed by atoms with E-state index in [1.807, 2.05) is 0 Å². The summed E-state index contributed by atoms with van der Waals surface area (Å²) in [7, 11) is 0. The number of aromatic nitrogens is 2. The lowest BCUT2D eigenvalue weighted by molar-refractivity contribution is 1.10. The van der Waals surface area contributed by atoms with Gasteiger partial charge in [0.25, 0.3) is 0 Å². The maximum Gasteiger partial charge on any atom is 0.145 e. The highest BCUT2D eigenvalue weighted by Crippen LogP contribution is 2.40. The van der Waals surface area contributed by atoms with Crippen LogP contribution in [0, 0.1) is 6.92 Å². The summed E-state index contributed by atoms with van der Waals surface area (Å²) in [6.45, 7) is 2.24. The van der Waals surface area contributed by atoms with Crippen molar-refractivity contribution >= 4 is 43.4 Å². The summed E-state index contributed by atoms with van der Waals surface area (Å²) in [5, 5.41) is 7.64. The van der Waals surface area contributed by atoms with E-state index < -0.39 is 0 Å². The van der Waals surface area contributed by atoms with Crippen molar-refractivity contribution in [3.63, 3.8) is 0 Å². The van der Waals surface area contributed by atoms with Crippen LogP contribution in [0.4, 0.5) is 0 Å². The molecule has 0 saturated heterocycles. The molecular formula is C38H26N2. The lowest BCUT2D eigenvalue weighted by Gasteiger charge is -2.16. The molecule has 8 aromatic rings. The van der Waals surface area contributed by atoms with E-state index in [1.165, 1.54) is 49.0 Å². The first kappa shape index (κ1) is 22.7. The highest BCUT2D eigenvalue weighted by molar-refractivity contribution is 6.15. The molecule has 0 saturated carbocycles. The van der Waals surface area contributed by atoms with Crippen molar-refractivity contribution in [1.82, 2.24) is 9.55 Å². The van der Waals surface area contributed by atoms with Crippen LogP contribution in [0.3, 0.4) is 0 Å². The fourth-order valence-corrected chi connectivity index (χ4v) is 6.26. The summed E-state index contributed by atoms with van der Waals surface area (Å²) in [6.07, 6.45) is 0. The van der Waals surface area contributed by atoms with E-state index in [0.717, 1.165) is 28.1 Å². The van der Waals surface area contributed by atoms with Crippen molar-refractivity contribution in [2.45, 2.75) is 6.92 Å². The highest BCUT2D eigenvalue weighted by Gasteiger charge is 2.16. The van der Waals surface area contributed by atoms with E-state index >= 15 is 0 Å². The molecule has 8 rings (SSSR count). The van der Waals surface area contributed by atoms with Crippen molar-refractivity contribution in [1.29, 1.82) is 0 Å². The summed E-state index contributed by atoms with van der Waals surface area (Å²) in [6, 6.07) is 50.0. The average molecular weight is 511 g/mol. The van der Waals surface area contributed by atoms with Crippen LogP contribution in [0.2, 0.25) is 0 Å². The third-order valence-electron chi connectivity index (χ3n) is 8.16. The molecule has 0 N–H and O–H groups in total. The average Bonchev–Trinajstić information content (AvgIpc) is 3.41. The van der Waals surface area contributed by atoms with Crippen LogP contribution < -0.4 is 0 Å². The Labute approximate surface area is 232 Å². The van der Waals surface area contributed by atoms with Gasteiger partial charge in [-0.2, -0.15) is 0 Å². The first-order valence-corrected chi connectivity index (χ1v) is 13.7. The Morgan fingerprint density at radius 3 is 1.75 bits per heavy atom. The van der Waals surface area contributed by atoms with E-state index in [2.05, 4.69) is 151 Å². The summed E-state index contributed by atoms with van der Waals surface area (Å²) in [4.78, 5) is 5.07. The Bertz CT molecular complexity index is 2160. The van der Waals surface area contributed by atoms with Crippen LogP contribution in [0.15, 0.2) is 140 Å². The topological polar surface area (TPSA) is 17.8 Å². The number of para-hydroxylation sites is 3. The molecule has 0 bridgehead atoms. The second-order valence-electron chi connectivity index (χ2n) is 10.5. The number of benzene rings is 7. The van der Waals surface area contributed by atoms with Gasteiger partial charge in [-0.15, -0.1) is 0 Å². The largest absolute Gasteiger partial charge is 0.292 e. The second kappa shape index (κ2) is 8.93. The van der Waals surface area contributed by atoms with Gasteiger partial charge in [-0.3, -0.25) is 4.57 Å². The number of rotatable bonds is 3.